The standard InChI is InChI=1S/C17H18N2O4/c1-12-9-10-16(15(11-12)19(21)22)23-13(2)17(20)18(3)14-7-5-4-6-8-14/h4-11,13H,1-3H3/t13-/m0/s1. The number of anilines is 1. The molecule has 0 aromatic heterocycles. The van der Waals surface area contributed by atoms with Crippen molar-refractivity contribution in [3.63, 3.8) is 0 Å². The van der Waals surface area contributed by atoms with Crippen LogP contribution in [-0.4, -0.2) is 24.0 Å². The van der Waals surface area contributed by atoms with Crippen LogP contribution in [-0.2, 0) is 4.79 Å². The van der Waals surface area contributed by atoms with E-state index in [1.807, 2.05) is 18.2 Å². The van der Waals surface area contributed by atoms with Crippen molar-refractivity contribution in [1.29, 1.82) is 0 Å². The number of benzene rings is 2. The van der Waals surface area contributed by atoms with Gasteiger partial charge in [0.2, 0.25) is 0 Å². The summed E-state index contributed by atoms with van der Waals surface area (Å²) in [7, 11) is 1.64. The van der Waals surface area contributed by atoms with Crippen LogP contribution in [0.3, 0.4) is 0 Å². The normalized spacial score (nSPS) is 11.6. The van der Waals surface area contributed by atoms with Crippen molar-refractivity contribution in [2.75, 3.05) is 11.9 Å². The number of nitro groups is 1. The lowest BCUT2D eigenvalue weighted by atomic mass is 10.2. The number of carbonyl (C=O) groups excluding carboxylic acids is 1. The second kappa shape index (κ2) is 6.91. The molecule has 0 bridgehead atoms. The maximum Gasteiger partial charge on any atom is 0.311 e. The minimum atomic E-state index is -0.846. The predicted octanol–water partition coefficient (Wildman–Crippen LogP) is 3.33. The van der Waals surface area contributed by atoms with E-state index in [-0.39, 0.29) is 17.3 Å². The van der Waals surface area contributed by atoms with E-state index in [4.69, 9.17) is 4.74 Å². The molecule has 0 fully saturated rings. The fourth-order valence-corrected chi connectivity index (χ4v) is 2.16. The molecule has 23 heavy (non-hydrogen) atoms. The molecule has 120 valence electrons. The summed E-state index contributed by atoms with van der Waals surface area (Å²) in [6.45, 7) is 3.33. The van der Waals surface area contributed by atoms with Gasteiger partial charge >= 0.3 is 5.69 Å². The van der Waals surface area contributed by atoms with Gasteiger partial charge in [-0.15, -0.1) is 0 Å². The molecular weight excluding hydrogens is 296 g/mol. The summed E-state index contributed by atoms with van der Waals surface area (Å²) in [6, 6.07) is 13.8. The number of hydrogen-bond donors (Lipinski definition) is 0. The van der Waals surface area contributed by atoms with Gasteiger partial charge in [0.25, 0.3) is 5.91 Å². The maximum absolute atomic E-state index is 12.4. The largest absolute Gasteiger partial charge is 0.474 e. The molecule has 6 nitrogen and oxygen atoms in total. The number of likely N-dealkylation sites (N-methyl/N-ethyl adjacent to an activating group) is 1. The van der Waals surface area contributed by atoms with Gasteiger partial charge in [0.05, 0.1) is 4.92 Å². The Balaban J connectivity index is 2.17. The third-order valence-electron chi connectivity index (χ3n) is 3.44. The van der Waals surface area contributed by atoms with E-state index >= 15 is 0 Å². The number of carbonyl (C=O) groups is 1. The lowest BCUT2D eigenvalue weighted by Gasteiger charge is -2.22. The topological polar surface area (TPSA) is 72.7 Å². The minimum Gasteiger partial charge on any atom is -0.474 e. The Morgan fingerprint density at radius 2 is 1.87 bits per heavy atom. The summed E-state index contributed by atoms with van der Waals surface area (Å²) < 4.78 is 5.53. The molecule has 0 saturated carbocycles. The van der Waals surface area contributed by atoms with Crippen molar-refractivity contribution in [2.45, 2.75) is 20.0 Å². The zero-order valence-corrected chi connectivity index (χ0v) is 13.2. The molecule has 2 aromatic rings. The highest BCUT2D eigenvalue weighted by atomic mass is 16.6. The van der Waals surface area contributed by atoms with Gasteiger partial charge in [-0.2, -0.15) is 0 Å². The number of rotatable bonds is 5. The number of nitrogens with zero attached hydrogens (tertiary/aromatic N) is 2. The molecule has 0 aliphatic heterocycles. The number of amides is 1. The lowest BCUT2D eigenvalue weighted by Crippen LogP contribution is -2.38. The van der Waals surface area contributed by atoms with Gasteiger partial charge in [0.1, 0.15) is 0 Å². The molecule has 0 saturated heterocycles. The molecule has 6 heteroatoms. The summed E-state index contributed by atoms with van der Waals surface area (Å²) in [5, 5.41) is 11.1. The summed E-state index contributed by atoms with van der Waals surface area (Å²) >= 11 is 0. The monoisotopic (exact) mass is 314 g/mol. The van der Waals surface area contributed by atoms with E-state index in [2.05, 4.69) is 0 Å². The van der Waals surface area contributed by atoms with Crippen LogP contribution < -0.4 is 9.64 Å². The lowest BCUT2D eigenvalue weighted by molar-refractivity contribution is -0.386. The molecule has 0 unspecified atom stereocenters. The van der Waals surface area contributed by atoms with Gasteiger partial charge in [-0.1, -0.05) is 24.3 Å². The molecule has 0 aliphatic rings. The van der Waals surface area contributed by atoms with E-state index in [0.29, 0.717) is 0 Å². The highest BCUT2D eigenvalue weighted by molar-refractivity contribution is 5.96. The molecule has 1 atom stereocenters. The smallest absolute Gasteiger partial charge is 0.311 e. The second-order valence-electron chi connectivity index (χ2n) is 5.22. The number of aryl methyl sites for hydroxylation is 1. The Kier molecular flexibility index (Phi) is 4.95. The summed E-state index contributed by atoms with van der Waals surface area (Å²) in [4.78, 5) is 24.5. The van der Waals surface area contributed by atoms with E-state index in [0.717, 1.165) is 11.3 Å². The van der Waals surface area contributed by atoms with Crippen LogP contribution in [0, 0.1) is 17.0 Å². The van der Waals surface area contributed by atoms with E-state index in [1.165, 1.54) is 17.0 Å². The van der Waals surface area contributed by atoms with Gasteiger partial charge in [-0.05, 0) is 37.6 Å². The van der Waals surface area contributed by atoms with Crippen molar-refractivity contribution in [3.05, 3.63) is 64.2 Å². The van der Waals surface area contributed by atoms with Crippen LogP contribution in [0.4, 0.5) is 11.4 Å². The first-order valence-corrected chi connectivity index (χ1v) is 7.14. The molecule has 0 N–H and O–H groups in total. The SMILES string of the molecule is Cc1ccc(O[C@@H](C)C(=O)N(C)c2ccccc2)c([N+](=O)[O-])c1. The zero-order valence-electron chi connectivity index (χ0n) is 13.2. The number of nitro benzene ring substituents is 1. The molecule has 0 radical (unpaired) electrons. The fourth-order valence-electron chi connectivity index (χ4n) is 2.16. The first-order valence-electron chi connectivity index (χ1n) is 7.14. The van der Waals surface area contributed by atoms with Gasteiger partial charge in [0, 0.05) is 18.8 Å². The highest BCUT2D eigenvalue weighted by Crippen LogP contribution is 2.29. The molecule has 0 spiro atoms. The third-order valence-corrected chi connectivity index (χ3v) is 3.44. The molecular formula is C17H18N2O4. The van der Waals surface area contributed by atoms with Crippen LogP contribution in [0.15, 0.2) is 48.5 Å². The van der Waals surface area contributed by atoms with Crippen molar-refractivity contribution < 1.29 is 14.5 Å². The van der Waals surface area contributed by atoms with Crippen molar-refractivity contribution in [3.8, 4) is 5.75 Å². The fraction of sp³-hybridized carbons (Fsp3) is 0.235. The molecule has 0 aliphatic carbocycles. The van der Waals surface area contributed by atoms with Gasteiger partial charge in [-0.25, -0.2) is 0 Å². The van der Waals surface area contributed by atoms with Crippen molar-refractivity contribution in [1.82, 2.24) is 0 Å². The summed E-state index contributed by atoms with van der Waals surface area (Å²) in [6.07, 6.45) is -0.846. The first kappa shape index (κ1) is 16.5. The number of ether oxygens (including phenoxy) is 1. The Bertz CT molecular complexity index is 716. The molecule has 2 aromatic carbocycles. The van der Waals surface area contributed by atoms with E-state index in [1.54, 1.807) is 39.1 Å². The predicted molar refractivity (Wildman–Crippen MR) is 87.8 cm³/mol. The van der Waals surface area contributed by atoms with Crippen LogP contribution in [0.25, 0.3) is 0 Å². The Morgan fingerprint density at radius 1 is 1.22 bits per heavy atom. The quantitative estimate of drug-likeness (QED) is 0.627. The van der Waals surface area contributed by atoms with Gasteiger partial charge in [0.15, 0.2) is 11.9 Å². The molecule has 0 heterocycles. The van der Waals surface area contributed by atoms with Gasteiger partial charge in [-0.3, -0.25) is 14.9 Å². The zero-order chi connectivity index (χ0) is 17.0. The third kappa shape index (κ3) is 3.85. The molecule has 1 amide bonds. The maximum atomic E-state index is 12.4. The Morgan fingerprint density at radius 3 is 2.48 bits per heavy atom. The Labute approximate surface area is 134 Å². The minimum absolute atomic E-state index is 0.0860. The summed E-state index contributed by atoms with van der Waals surface area (Å²) in [5.74, 6) is -0.200. The number of hydrogen-bond acceptors (Lipinski definition) is 4. The van der Waals surface area contributed by atoms with Crippen LogP contribution >= 0.6 is 0 Å². The summed E-state index contributed by atoms with van der Waals surface area (Å²) in [5.41, 5.74) is 1.34. The Hall–Kier alpha value is -2.89. The van der Waals surface area contributed by atoms with E-state index in [9.17, 15) is 14.9 Å². The van der Waals surface area contributed by atoms with Crippen LogP contribution in [0.1, 0.15) is 12.5 Å². The van der Waals surface area contributed by atoms with Crippen LogP contribution in [0.5, 0.6) is 5.75 Å². The first-order chi connectivity index (χ1) is 10.9. The number of para-hydroxylation sites is 1. The van der Waals surface area contributed by atoms with Gasteiger partial charge < -0.3 is 9.64 Å². The average molecular weight is 314 g/mol. The van der Waals surface area contributed by atoms with Crippen molar-refractivity contribution >= 4 is 17.3 Å². The highest BCUT2D eigenvalue weighted by Gasteiger charge is 2.24. The van der Waals surface area contributed by atoms with Crippen LogP contribution in [0.2, 0.25) is 0 Å². The van der Waals surface area contributed by atoms with Crippen molar-refractivity contribution in [2.24, 2.45) is 0 Å². The second-order valence-corrected chi connectivity index (χ2v) is 5.22. The van der Waals surface area contributed by atoms with E-state index < -0.39 is 11.0 Å². The average Bonchev–Trinajstić information content (AvgIpc) is 2.55. The molecule has 2 rings (SSSR count).